The van der Waals surface area contributed by atoms with Crippen LogP contribution in [0.5, 0.6) is 11.5 Å². The van der Waals surface area contributed by atoms with Crippen LogP contribution in [0, 0.1) is 5.41 Å². The summed E-state index contributed by atoms with van der Waals surface area (Å²) in [6.07, 6.45) is 0.885. The van der Waals surface area contributed by atoms with Crippen LogP contribution in [0.4, 0.5) is 11.6 Å². The Bertz CT molecular complexity index is 925. The third-order valence-electron chi connectivity index (χ3n) is 6.20. The van der Waals surface area contributed by atoms with E-state index in [-0.39, 0.29) is 17.4 Å². The van der Waals surface area contributed by atoms with E-state index in [1.54, 1.807) is 0 Å². The fourth-order valence-electron chi connectivity index (χ4n) is 4.30. The van der Waals surface area contributed by atoms with Crippen molar-refractivity contribution in [3.63, 3.8) is 0 Å². The predicted octanol–water partition coefficient (Wildman–Crippen LogP) is 2.26. The first-order valence-corrected chi connectivity index (χ1v) is 11.2. The lowest BCUT2D eigenvalue weighted by Gasteiger charge is -2.37. The van der Waals surface area contributed by atoms with E-state index in [4.69, 9.17) is 9.47 Å². The molecule has 30 heavy (non-hydrogen) atoms. The number of nitrogens with zero attached hydrogens (tertiary/aromatic N) is 5. The van der Waals surface area contributed by atoms with Gasteiger partial charge in [0.15, 0.2) is 23.1 Å². The second kappa shape index (κ2) is 7.70. The van der Waals surface area contributed by atoms with Crippen LogP contribution in [-0.2, 0) is 4.79 Å². The molecule has 2 aromatic rings. The molecule has 8 nitrogen and oxygen atoms in total. The lowest BCUT2D eigenvalue weighted by molar-refractivity contribution is -0.124. The van der Waals surface area contributed by atoms with Crippen molar-refractivity contribution in [2.24, 2.45) is 5.41 Å². The second-order valence-electron chi connectivity index (χ2n) is 8.79. The van der Waals surface area contributed by atoms with Gasteiger partial charge in [0.1, 0.15) is 12.7 Å². The molecule has 0 aliphatic carbocycles. The number of para-hydroxylation sites is 2. The lowest BCUT2D eigenvalue weighted by atomic mass is 9.92. The second-order valence-corrected chi connectivity index (χ2v) is 9.32. The molecule has 0 N–H and O–H groups in total. The van der Waals surface area contributed by atoms with Crippen LogP contribution >= 0.6 is 11.7 Å². The minimum Gasteiger partial charge on any atom is -0.486 e. The smallest absolute Gasteiger partial charge is 0.233 e. The molecule has 2 fully saturated rings. The fraction of sp³-hybridized carbons (Fsp3) is 0.571. The molecule has 0 spiro atoms. The highest BCUT2D eigenvalue weighted by Crippen LogP contribution is 2.37. The van der Waals surface area contributed by atoms with Gasteiger partial charge in [-0.3, -0.25) is 14.6 Å². The van der Waals surface area contributed by atoms with Crippen molar-refractivity contribution in [3.8, 4) is 11.5 Å². The van der Waals surface area contributed by atoms with Crippen LogP contribution in [0.3, 0.4) is 0 Å². The molecule has 160 valence electrons. The van der Waals surface area contributed by atoms with Gasteiger partial charge in [0.2, 0.25) is 5.91 Å². The number of carbonyl (C=O) groups excluding carboxylic acids is 1. The zero-order chi connectivity index (χ0) is 20.7. The van der Waals surface area contributed by atoms with Crippen LogP contribution < -0.4 is 19.3 Å². The maximum Gasteiger partial charge on any atom is 0.233 e. The quantitative estimate of drug-likeness (QED) is 0.738. The highest BCUT2D eigenvalue weighted by molar-refractivity contribution is 6.99. The summed E-state index contributed by atoms with van der Waals surface area (Å²) in [4.78, 5) is 19.2. The number of piperazine rings is 1. The SMILES string of the molecule is CC1(C)CCN(c2nsnc2N2CCN(C[C@H]3COc4ccccc4O3)CC2)C1=O. The van der Waals surface area contributed by atoms with Crippen molar-refractivity contribution in [3.05, 3.63) is 24.3 Å². The molecular formula is C21H27N5O3S. The van der Waals surface area contributed by atoms with Crippen molar-refractivity contribution in [1.82, 2.24) is 13.6 Å². The molecule has 1 atom stereocenters. The molecule has 0 radical (unpaired) electrons. The Morgan fingerprint density at radius 3 is 2.53 bits per heavy atom. The maximum atomic E-state index is 12.7. The molecule has 3 aliphatic heterocycles. The number of ether oxygens (including phenoxy) is 2. The Labute approximate surface area is 180 Å². The van der Waals surface area contributed by atoms with E-state index < -0.39 is 0 Å². The van der Waals surface area contributed by atoms with Gasteiger partial charge >= 0.3 is 0 Å². The largest absolute Gasteiger partial charge is 0.486 e. The van der Waals surface area contributed by atoms with Gasteiger partial charge in [0.05, 0.1) is 11.7 Å². The first-order valence-electron chi connectivity index (χ1n) is 10.5. The van der Waals surface area contributed by atoms with Crippen LogP contribution in [-0.4, -0.2) is 71.5 Å². The van der Waals surface area contributed by atoms with E-state index in [0.29, 0.717) is 13.2 Å². The molecular weight excluding hydrogens is 402 g/mol. The van der Waals surface area contributed by atoms with Crippen molar-refractivity contribution < 1.29 is 14.3 Å². The fourth-order valence-corrected chi connectivity index (χ4v) is 4.87. The van der Waals surface area contributed by atoms with Gasteiger partial charge in [-0.25, -0.2) is 0 Å². The first-order chi connectivity index (χ1) is 14.5. The molecule has 1 aromatic heterocycles. The molecule has 0 saturated carbocycles. The van der Waals surface area contributed by atoms with Gasteiger partial charge in [-0.2, -0.15) is 8.75 Å². The zero-order valence-corrected chi connectivity index (χ0v) is 18.2. The summed E-state index contributed by atoms with van der Waals surface area (Å²) in [6.45, 7) is 9.67. The highest BCUT2D eigenvalue weighted by atomic mass is 32.1. The summed E-state index contributed by atoms with van der Waals surface area (Å²) in [5.74, 6) is 3.36. The molecule has 1 aromatic carbocycles. The summed E-state index contributed by atoms with van der Waals surface area (Å²) in [6, 6.07) is 7.82. The van der Waals surface area contributed by atoms with Crippen molar-refractivity contribution in [2.45, 2.75) is 26.4 Å². The third kappa shape index (κ3) is 3.60. The molecule has 9 heteroatoms. The summed E-state index contributed by atoms with van der Waals surface area (Å²) < 4.78 is 20.9. The number of benzene rings is 1. The predicted molar refractivity (Wildman–Crippen MR) is 116 cm³/mol. The van der Waals surface area contributed by atoms with Gasteiger partial charge in [0.25, 0.3) is 0 Å². The molecule has 2 saturated heterocycles. The zero-order valence-electron chi connectivity index (χ0n) is 17.4. The number of carbonyl (C=O) groups is 1. The summed E-state index contributed by atoms with van der Waals surface area (Å²) >= 11 is 1.19. The number of hydrogen-bond acceptors (Lipinski definition) is 8. The van der Waals surface area contributed by atoms with Crippen LogP contribution in [0.2, 0.25) is 0 Å². The lowest BCUT2D eigenvalue weighted by Crippen LogP contribution is -2.51. The third-order valence-corrected chi connectivity index (χ3v) is 6.71. The van der Waals surface area contributed by atoms with Crippen LogP contribution in [0.1, 0.15) is 20.3 Å². The Morgan fingerprint density at radius 2 is 1.80 bits per heavy atom. The average Bonchev–Trinajstić information content (AvgIpc) is 3.33. The van der Waals surface area contributed by atoms with Gasteiger partial charge < -0.3 is 14.4 Å². The van der Waals surface area contributed by atoms with Gasteiger partial charge in [-0.05, 0) is 18.6 Å². The maximum absolute atomic E-state index is 12.7. The Balaban J connectivity index is 1.19. The van der Waals surface area contributed by atoms with Gasteiger partial charge in [-0.1, -0.05) is 26.0 Å². The number of fused-ring (bicyclic) bond motifs is 1. The van der Waals surface area contributed by atoms with E-state index in [0.717, 1.165) is 62.3 Å². The minimum atomic E-state index is -0.319. The van der Waals surface area contributed by atoms with Gasteiger partial charge in [-0.15, -0.1) is 0 Å². The Hall–Kier alpha value is -2.39. The molecule has 4 heterocycles. The Kier molecular flexibility index (Phi) is 5.02. The van der Waals surface area contributed by atoms with Crippen LogP contribution in [0.25, 0.3) is 0 Å². The van der Waals surface area contributed by atoms with E-state index in [1.165, 1.54) is 11.7 Å². The van der Waals surface area contributed by atoms with Crippen LogP contribution in [0.15, 0.2) is 24.3 Å². The minimum absolute atomic E-state index is 0.0346. The monoisotopic (exact) mass is 429 g/mol. The normalized spacial score (nSPS) is 23.8. The van der Waals surface area contributed by atoms with E-state index in [9.17, 15) is 4.79 Å². The van der Waals surface area contributed by atoms with E-state index in [2.05, 4.69) is 18.5 Å². The molecule has 5 rings (SSSR count). The topological polar surface area (TPSA) is 71.0 Å². The summed E-state index contributed by atoms with van der Waals surface area (Å²) in [7, 11) is 0. The number of amides is 1. The number of aromatic nitrogens is 2. The molecule has 0 unspecified atom stereocenters. The summed E-state index contributed by atoms with van der Waals surface area (Å²) in [5, 5.41) is 0. The summed E-state index contributed by atoms with van der Waals surface area (Å²) in [5.41, 5.74) is -0.319. The Morgan fingerprint density at radius 1 is 1.07 bits per heavy atom. The molecule has 3 aliphatic rings. The number of anilines is 2. The number of rotatable bonds is 4. The molecule has 0 bridgehead atoms. The average molecular weight is 430 g/mol. The van der Waals surface area contributed by atoms with Gasteiger partial charge in [0, 0.05) is 44.7 Å². The van der Waals surface area contributed by atoms with Crippen molar-refractivity contribution >= 4 is 29.3 Å². The van der Waals surface area contributed by atoms with E-state index in [1.807, 2.05) is 43.0 Å². The van der Waals surface area contributed by atoms with E-state index >= 15 is 0 Å². The molecule has 1 amide bonds. The first kappa shape index (κ1) is 19.6. The van der Waals surface area contributed by atoms with Crippen molar-refractivity contribution in [1.29, 1.82) is 0 Å². The van der Waals surface area contributed by atoms with Crippen molar-refractivity contribution in [2.75, 3.05) is 55.7 Å². The highest BCUT2D eigenvalue weighted by Gasteiger charge is 2.42. The number of hydrogen-bond donors (Lipinski definition) is 0. The standard InChI is InChI=1S/C21H27N5O3S/c1-21(2)7-8-26(20(21)27)19-18(22-30-23-19)25-11-9-24(10-12-25)13-15-14-28-16-5-3-4-6-17(16)29-15/h3-6,15H,7-14H2,1-2H3/t15-/m0/s1.